The van der Waals surface area contributed by atoms with Gasteiger partial charge in [-0.15, -0.1) is 0 Å². The third kappa shape index (κ3) is 29.1. The molecule has 1 saturated heterocycles. The van der Waals surface area contributed by atoms with Crippen LogP contribution in [0.1, 0.15) is 64.9 Å². The number of benzene rings is 1. The summed E-state index contributed by atoms with van der Waals surface area (Å²) in [5.74, 6) is -19.7. The number of thiol groups is 6. The van der Waals surface area contributed by atoms with Gasteiger partial charge in [0.1, 0.15) is 78.3 Å². The first-order valence-corrected chi connectivity index (χ1v) is 34.0. The van der Waals surface area contributed by atoms with Gasteiger partial charge in [0.2, 0.25) is 82.7 Å². The molecule has 1 aliphatic rings. The van der Waals surface area contributed by atoms with Crippen LogP contribution in [-0.4, -0.2) is 264 Å². The normalized spacial score (nSPS) is 16.6. The van der Waals surface area contributed by atoms with Crippen molar-refractivity contribution in [2.24, 2.45) is 17.4 Å². The molecule has 98 heavy (non-hydrogen) atoms. The molecule has 0 spiro atoms. The largest absolute Gasteiger partial charge is 0.508 e. The van der Waals surface area contributed by atoms with Crippen LogP contribution in [0.25, 0.3) is 0 Å². The van der Waals surface area contributed by atoms with Gasteiger partial charge in [-0.05, 0) is 56.2 Å². The topological polar surface area (TPSA) is 574 Å². The smallest absolute Gasteiger partial charge is 0.326 e. The number of primary amides is 1. The molecule has 548 valence electrons. The average Bonchev–Trinajstić information content (AvgIpc) is 1.62. The van der Waals surface area contributed by atoms with Crippen LogP contribution >= 0.6 is 75.8 Å². The first-order valence-electron chi connectivity index (χ1n) is 30.2. The van der Waals surface area contributed by atoms with E-state index in [4.69, 9.17) is 11.5 Å². The summed E-state index contributed by atoms with van der Waals surface area (Å²) in [5.41, 5.74) is 11.6. The zero-order valence-electron chi connectivity index (χ0n) is 53.3. The van der Waals surface area contributed by atoms with Crippen molar-refractivity contribution in [3.8, 4) is 5.75 Å². The van der Waals surface area contributed by atoms with E-state index in [9.17, 15) is 102 Å². The number of nitrogens with one attached hydrogen (secondary N) is 12. The fraction of sp³-hybridized carbons (Fsp3) is 0.607. The Hall–Kier alpha value is -7.48. The van der Waals surface area contributed by atoms with Gasteiger partial charge in [0.25, 0.3) is 0 Å². The van der Waals surface area contributed by atoms with Crippen molar-refractivity contribution in [1.29, 1.82) is 0 Å². The first-order chi connectivity index (χ1) is 46.1. The molecule has 1 fully saturated rings. The Bertz CT molecular complexity index is 3000. The van der Waals surface area contributed by atoms with E-state index in [0.717, 1.165) is 11.8 Å². The van der Waals surface area contributed by atoms with Crippen molar-refractivity contribution in [3.05, 3.63) is 29.8 Å². The van der Waals surface area contributed by atoms with Gasteiger partial charge in [0.15, 0.2) is 0 Å². The van der Waals surface area contributed by atoms with Crippen molar-refractivity contribution >= 4 is 170 Å². The van der Waals surface area contributed by atoms with E-state index >= 15 is 0 Å². The van der Waals surface area contributed by atoms with Gasteiger partial charge in [-0.1, -0.05) is 26.0 Å². The molecule has 0 unspecified atom stereocenters. The number of nitrogens with two attached hydrogens (primary N) is 2. The summed E-state index contributed by atoms with van der Waals surface area (Å²) in [6, 6.07) is -14.5. The van der Waals surface area contributed by atoms with Crippen molar-refractivity contribution in [1.82, 2.24) is 68.7 Å². The second-order valence-corrected chi connectivity index (χ2v) is 24.8. The summed E-state index contributed by atoms with van der Waals surface area (Å²) >= 11 is 24.5. The van der Waals surface area contributed by atoms with E-state index in [2.05, 4.69) is 140 Å². The van der Waals surface area contributed by atoms with Gasteiger partial charge < -0.3 is 106 Å². The zero-order chi connectivity index (χ0) is 74.3. The minimum absolute atomic E-state index is 0.0668. The number of carbonyl (C=O) groups is 16. The number of carbonyl (C=O) groups excluding carboxylic acids is 14. The Morgan fingerprint density at radius 1 is 0.541 bits per heavy atom. The highest BCUT2D eigenvalue weighted by Crippen LogP contribution is 2.20. The second kappa shape index (κ2) is 43.8. The van der Waals surface area contributed by atoms with Gasteiger partial charge in [-0.25, -0.2) is 4.79 Å². The van der Waals surface area contributed by atoms with E-state index < -0.39 is 229 Å². The predicted octanol–water partition coefficient (Wildman–Crippen LogP) is -8.48. The SMILES string of the molecule is CC(C)C[C@H](NC(=O)[C@H](CCC(=O)O)NC(=O)[C@H](CS)NC(=O)[C@@H](N)CS)C(=O)N[C@@H](CS)C(=O)N[C@@H](CS)C(=O)N[C@@H](CC(N)=O)C(=O)N1CCC[C@H]1C(=O)N[C@@H](CO)C(=O)N[C@@H](CS)C(=O)N[C@H](C(=O)NCC(=O)N[C@@H](CS)C(=O)N[C@@H](Cc1ccc(O)cc1)C(=O)O)[C@@H](C)O. The number of aliphatic carboxylic acids is 2. The van der Waals surface area contributed by atoms with E-state index in [-0.39, 0.29) is 61.2 Å². The molecule has 42 heteroatoms. The molecular weight excluding hydrogens is 1410 g/mol. The molecule has 0 saturated carbocycles. The molecule has 36 nitrogen and oxygen atoms in total. The molecule has 14 amide bonds. The summed E-state index contributed by atoms with van der Waals surface area (Å²) in [6.45, 7) is 2.35. The van der Waals surface area contributed by atoms with Crippen LogP contribution in [0.15, 0.2) is 24.3 Å². The molecule has 1 aromatic rings. The Kier molecular flexibility index (Phi) is 38.7. The lowest BCUT2D eigenvalue weighted by Gasteiger charge is -2.30. The van der Waals surface area contributed by atoms with E-state index in [0.29, 0.717) is 5.56 Å². The number of aromatic hydroxyl groups is 1. The van der Waals surface area contributed by atoms with Crippen LogP contribution in [-0.2, 0) is 83.1 Å². The van der Waals surface area contributed by atoms with Crippen LogP contribution in [0.2, 0.25) is 0 Å². The molecule has 1 aliphatic heterocycles. The first kappa shape index (κ1) is 86.6. The lowest BCUT2D eigenvalue weighted by Crippen LogP contribution is -2.62. The Morgan fingerprint density at radius 3 is 1.42 bits per heavy atom. The summed E-state index contributed by atoms with van der Waals surface area (Å²) in [5, 5.41) is 77.1. The second-order valence-electron chi connectivity index (χ2n) is 22.6. The number of hydrogen-bond acceptors (Lipinski definition) is 26. The maximum Gasteiger partial charge on any atom is 0.326 e. The number of carboxylic acid groups (broad SMARTS) is 2. The molecule has 0 radical (unpaired) electrons. The third-order valence-electron chi connectivity index (χ3n) is 14.4. The number of amides is 14. The van der Waals surface area contributed by atoms with Crippen LogP contribution < -0.4 is 75.3 Å². The van der Waals surface area contributed by atoms with Gasteiger partial charge >= 0.3 is 11.9 Å². The minimum atomic E-state index is -1.83. The number of phenols is 1. The van der Waals surface area contributed by atoms with Gasteiger partial charge in [-0.3, -0.25) is 71.9 Å². The highest BCUT2D eigenvalue weighted by Gasteiger charge is 2.42. The molecule has 14 atom stereocenters. The number of likely N-dealkylation sites (tertiary alicyclic amines) is 1. The van der Waals surface area contributed by atoms with Gasteiger partial charge in [-0.2, -0.15) is 75.8 Å². The lowest BCUT2D eigenvalue weighted by molar-refractivity contribution is -0.143. The van der Waals surface area contributed by atoms with Crippen LogP contribution in [0.5, 0.6) is 5.75 Å². The Balaban J connectivity index is 2.16. The quantitative estimate of drug-likeness (QED) is 0.0270. The van der Waals surface area contributed by atoms with Crippen molar-refractivity contribution in [2.75, 3.05) is 54.2 Å². The number of nitrogens with zero attached hydrogens (tertiary/aromatic N) is 1. The monoisotopic (exact) mass is 1500 g/mol. The van der Waals surface area contributed by atoms with Gasteiger partial charge in [0.05, 0.1) is 31.7 Å². The summed E-state index contributed by atoms with van der Waals surface area (Å²) < 4.78 is 0. The maximum atomic E-state index is 14.2. The van der Waals surface area contributed by atoms with Crippen molar-refractivity contribution in [3.63, 3.8) is 0 Å². The van der Waals surface area contributed by atoms with E-state index in [1.807, 2.05) is 0 Å². The molecule has 0 aromatic heterocycles. The maximum absolute atomic E-state index is 14.2. The number of hydrogen-bond donors (Lipinski definition) is 25. The number of phenolic OH excluding ortho intramolecular Hbond substituents is 1. The van der Waals surface area contributed by atoms with Gasteiger partial charge in [0, 0.05) is 53.9 Å². The summed E-state index contributed by atoms with van der Waals surface area (Å²) in [6.07, 6.45) is -3.81. The molecule has 0 aliphatic carbocycles. The molecular formula is C56H87N15O21S6. The molecule has 1 aromatic carbocycles. The van der Waals surface area contributed by atoms with E-state index in [1.165, 1.54) is 24.3 Å². The predicted molar refractivity (Wildman–Crippen MR) is 368 cm³/mol. The minimum Gasteiger partial charge on any atom is -0.508 e. The number of carboxylic acids is 2. The third-order valence-corrected chi connectivity index (χ3v) is 16.6. The zero-order valence-corrected chi connectivity index (χ0v) is 58.7. The number of rotatable bonds is 43. The fourth-order valence-electron chi connectivity index (χ4n) is 9.09. The molecule has 1 heterocycles. The highest BCUT2D eigenvalue weighted by atomic mass is 32.1. The van der Waals surface area contributed by atoms with Crippen LogP contribution in [0.3, 0.4) is 0 Å². The lowest BCUT2D eigenvalue weighted by atomic mass is 10.0. The van der Waals surface area contributed by atoms with Crippen molar-refractivity contribution < 1.29 is 102 Å². The number of aliphatic hydroxyl groups is 2. The average molecular weight is 1500 g/mol. The van der Waals surface area contributed by atoms with E-state index in [1.54, 1.807) is 13.8 Å². The Labute approximate surface area is 595 Å². The Morgan fingerprint density at radius 2 is 0.969 bits per heavy atom. The van der Waals surface area contributed by atoms with Crippen molar-refractivity contribution in [2.45, 2.75) is 150 Å². The molecule has 2 rings (SSSR count). The van der Waals surface area contributed by atoms with Crippen LogP contribution in [0, 0.1) is 5.92 Å². The summed E-state index contributed by atoms with van der Waals surface area (Å²) in [7, 11) is 0. The van der Waals surface area contributed by atoms with Crippen LogP contribution in [0.4, 0.5) is 0 Å². The fourth-order valence-corrected chi connectivity index (χ4v) is 10.5. The number of aliphatic hydroxyl groups excluding tert-OH is 2. The standard InChI is InChI=1S/C56H87N15O21S6/c1-24(2)13-30(62-45(80)29(10-11-42(77)78)61-49(84)35(20-95)66-44(79)28(57)18-93)46(81)67-37(22-97)51(86)69-36(21-96)50(85)63-31(15-40(58)75)55(90)71-12-4-5-39(71)53(88)65-33(17-72)47(82)68-38(23-98)52(87)70-43(25(3)73)54(89)59-16-41(76)60-34(19-94)48(83)64-32(56(91)92)14-26-6-8-27(74)9-7-26/h6-9,24-25,28-39,43,72-74,93-98H,4-5,10-23,57H2,1-3H3,(H2,58,75)(H,59,89)(H,60,76)(H,61,84)(H,62,80)(H,63,85)(H,64,83)(H,65,88)(H,66,79)(H,67,81)(H,68,82)(H,69,86)(H,70,87)(H,77,78)(H,91,92)/t25-,28+,29+,30+,31+,32+,33+,34+,35+,36+,37+,38+,39+,43+/m1/s1. The summed E-state index contributed by atoms with van der Waals surface area (Å²) in [4.78, 5) is 212. The molecule has 21 N–H and O–H groups in total. The highest BCUT2D eigenvalue weighted by molar-refractivity contribution is 7.81. The molecule has 0 bridgehead atoms.